The van der Waals surface area contributed by atoms with Crippen LogP contribution in [0.1, 0.15) is 28.4 Å². The minimum Gasteiger partial charge on any atom is -0.360 e. The Morgan fingerprint density at radius 2 is 1.79 bits per heavy atom. The number of rotatable bonds is 3. The SMILES string of the molecule is CCc1ccc(C(=O)c2c[nH]c3ccccc23)cc1. The molecule has 0 saturated heterocycles. The average molecular weight is 249 g/mol. The third kappa shape index (κ3) is 2.06. The molecule has 94 valence electrons. The van der Waals surface area contributed by atoms with Gasteiger partial charge in [-0.25, -0.2) is 0 Å². The third-order valence-corrected chi connectivity index (χ3v) is 3.46. The van der Waals surface area contributed by atoms with E-state index in [2.05, 4.69) is 11.9 Å². The van der Waals surface area contributed by atoms with Gasteiger partial charge >= 0.3 is 0 Å². The molecule has 0 aliphatic heterocycles. The number of para-hydroxylation sites is 1. The average Bonchev–Trinajstić information content (AvgIpc) is 2.90. The van der Waals surface area contributed by atoms with E-state index in [1.54, 1.807) is 6.20 Å². The van der Waals surface area contributed by atoms with E-state index in [1.807, 2.05) is 48.5 Å². The molecule has 3 rings (SSSR count). The van der Waals surface area contributed by atoms with Crippen molar-refractivity contribution in [3.8, 4) is 0 Å². The van der Waals surface area contributed by atoms with Crippen molar-refractivity contribution in [3.05, 3.63) is 71.4 Å². The lowest BCUT2D eigenvalue weighted by molar-refractivity contribution is 0.104. The Hall–Kier alpha value is -2.35. The van der Waals surface area contributed by atoms with Crippen molar-refractivity contribution in [3.63, 3.8) is 0 Å². The lowest BCUT2D eigenvalue weighted by Gasteiger charge is -2.01. The highest BCUT2D eigenvalue weighted by Crippen LogP contribution is 2.21. The number of aromatic amines is 1. The first kappa shape index (κ1) is 11.7. The summed E-state index contributed by atoms with van der Waals surface area (Å²) in [6.45, 7) is 2.11. The van der Waals surface area contributed by atoms with Crippen LogP contribution in [-0.4, -0.2) is 10.8 Å². The zero-order valence-electron chi connectivity index (χ0n) is 10.8. The fraction of sp³-hybridized carbons (Fsp3) is 0.118. The van der Waals surface area contributed by atoms with E-state index in [1.165, 1.54) is 5.56 Å². The molecule has 0 bridgehead atoms. The highest BCUT2D eigenvalue weighted by atomic mass is 16.1. The largest absolute Gasteiger partial charge is 0.360 e. The Bertz CT molecular complexity index is 722. The zero-order valence-corrected chi connectivity index (χ0v) is 10.8. The highest BCUT2D eigenvalue weighted by molar-refractivity contribution is 6.16. The van der Waals surface area contributed by atoms with E-state index in [9.17, 15) is 4.79 Å². The van der Waals surface area contributed by atoms with E-state index < -0.39 is 0 Å². The molecule has 1 N–H and O–H groups in total. The summed E-state index contributed by atoms with van der Waals surface area (Å²) < 4.78 is 0. The van der Waals surface area contributed by atoms with Gasteiger partial charge in [0.05, 0.1) is 0 Å². The molecule has 2 nitrogen and oxygen atoms in total. The van der Waals surface area contributed by atoms with Gasteiger partial charge in [0.2, 0.25) is 0 Å². The maximum absolute atomic E-state index is 12.5. The second-order valence-corrected chi connectivity index (χ2v) is 4.63. The van der Waals surface area contributed by atoms with Crippen LogP contribution in [0.4, 0.5) is 0 Å². The van der Waals surface area contributed by atoms with Crippen molar-refractivity contribution < 1.29 is 4.79 Å². The quantitative estimate of drug-likeness (QED) is 0.700. The van der Waals surface area contributed by atoms with Gasteiger partial charge in [0.15, 0.2) is 5.78 Å². The molecular formula is C17H15NO. The van der Waals surface area contributed by atoms with Gasteiger partial charge in [-0.2, -0.15) is 0 Å². The Kier molecular flexibility index (Phi) is 2.92. The fourth-order valence-electron chi connectivity index (χ4n) is 2.31. The van der Waals surface area contributed by atoms with E-state index in [0.29, 0.717) is 0 Å². The number of carbonyl (C=O) groups excluding carboxylic acids is 1. The fourth-order valence-corrected chi connectivity index (χ4v) is 2.31. The molecule has 19 heavy (non-hydrogen) atoms. The molecule has 3 aromatic rings. The van der Waals surface area contributed by atoms with E-state index in [-0.39, 0.29) is 5.78 Å². The molecule has 2 aromatic carbocycles. The second-order valence-electron chi connectivity index (χ2n) is 4.63. The summed E-state index contributed by atoms with van der Waals surface area (Å²) in [5.74, 6) is 0.0695. The van der Waals surface area contributed by atoms with E-state index in [0.717, 1.165) is 28.5 Å². The summed E-state index contributed by atoms with van der Waals surface area (Å²) in [7, 11) is 0. The number of hydrogen-bond donors (Lipinski definition) is 1. The van der Waals surface area contributed by atoms with Gasteiger partial charge < -0.3 is 4.98 Å². The van der Waals surface area contributed by atoms with Crippen LogP contribution in [0.2, 0.25) is 0 Å². The predicted octanol–water partition coefficient (Wildman–Crippen LogP) is 3.96. The summed E-state index contributed by atoms with van der Waals surface area (Å²) in [6.07, 6.45) is 2.78. The molecule has 1 heterocycles. The van der Waals surface area contributed by atoms with Crippen molar-refractivity contribution in [1.82, 2.24) is 4.98 Å². The highest BCUT2D eigenvalue weighted by Gasteiger charge is 2.13. The first-order chi connectivity index (χ1) is 9.29. The van der Waals surface area contributed by atoms with Gasteiger partial charge in [-0.05, 0) is 18.1 Å². The molecule has 1 aromatic heterocycles. The van der Waals surface area contributed by atoms with Crippen molar-refractivity contribution in [2.75, 3.05) is 0 Å². The smallest absolute Gasteiger partial charge is 0.195 e. The second kappa shape index (κ2) is 4.73. The molecule has 0 unspecified atom stereocenters. The summed E-state index contributed by atoms with van der Waals surface area (Å²) in [5, 5.41) is 0.979. The van der Waals surface area contributed by atoms with Gasteiger partial charge in [-0.1, -0.05) is 49.4 Å². The monoisotopic (exact) mass is 249 g/mol. The standard InChI is InChI=1S/C17H15NO/c1-2-12-7-9-13(10-8-12)17(19)15-11-18-16-6-4-3-5-14(15)16/h3-11,18H,2H2,1H3. The Morgan fingerprint density at radius 3 is 2.53 bits per heavy atom. The number of carbonyl (C=O) groups is 1. The molecule has 0 amide bonds. The Morgan fingerprint density at radius 1 is 1.05 bits per heavy atom. The minimum atomic E-state index is 0.0695. The van der Waals surface area contributed by atoms with Crippen molar-refractivity contribution in [2.24, 2.45) is 0 Å². The van der Waals surface area contributed by atoms with E-state index >= 15 is 0 Å². The Labute approximate surface area is 112 Å². The van der Waals surface area contributed by atoms with Gasteiger partial charge in [0.1, 0.15) is 0 Å². The number of hydrogen-bond acceptors (Lipinski definition) is 1. The van der Waals surface area contributed by atoms with Gasteiger partial charge in [-0.3, -0.25) is 4.79 Å². The first-order valence-electron chi connectivity index (χ1n) is 6.49. The molecular weight excluding hydrogens is 234 g/mol. The van der Waals surface area contributed by atoms with Crippen LogP contribution in [0.5, 0.6) is 0 Å². The topological polar surface area (TPSA) is 32.9 Å². The predicted molar refractivity (Wildman–Crippen MR) is 77.6 cm³/mol. The lowest BCUT2D eigenvalue weighted by atomic mass is 10.0. The van der Waals surface area contributed by atoms with Crippen LogP contribution >= 0.6 is 0 Å². The summed E-state index contributed by atoms with van der Waals surface area (Å²) in [6, 6.07) is 15.7. The molecule has 0 spiro atoms. The molecule has 2 heteroatoms. The van der Waals surface area contributed by atoms with Crippen LogP contribution in [0.15, 0.2) is 54.7 Å². The van der Waals surface area contributed by atoms with Crippen molar-refractivity contribution in [1.29, 1.82) is 0 Å². The number of H-pyrrole nitrogens is 1. The number of nitrogens with one attached hydrogen (secondary N) is 1. The zero-order chi connectivity index (χ0) is 13.2. The summed E-state index contributed by atoms with van der Waals surface area (Å²) in [4.78, 5) is 15.6. The number of benzene rings is 2. The number of aryl methyl sites for hydroxylation is 1. The molecule has 0 aliphatic rings. The van der Waals surface area contributed by atoms with E-state index in [4.69, 9.17) is 0 Å². The van der Waals surface area contributed by atoms with Crippen LogP contribution < -0.4 is 0 Å². The molecule has 0 radical (unpaired) electrons. The van der Waals surface area contributed by atoms with Crippen LogP contribution in [-0.2, 0) is 6.42 Å². The first-order valence-corrected chi connectivity index (χ1v) is 6.49. The molecule has 0 fully saturated rings. The number of fused-ring (bicyclic) bond motifs is 1. The van der Waals surface area contributed by atoms with Gasteiger partial charge in [-0.15, -0.1) is 0 Å². The third-order valence-electron chi connectivity index (χ3n) is 3.46. The summed E-state index contributed by atoms with van der Waals surface area (Å²) in [5.41, 5.74) is 3.72. The lowest BCUT2D eigenvalue weighted by Crippen LogP contribution is -2.00. The molecule has 0 atom stereocenters. The Balaban J connectivity index is 2.03. The van der Waals surface area contributed by atoms with Crippen molar-refractivity contribution in [2.45, 2.75) is 13.3 Å². The van der Waals surface area contributed by atoms with Crippen LogP contribution in [0.25, 0.3) is 10.9 Å². The normalized spacial score (nSPS) is 10.8. The van der Waals surface area contributed by atoms with Crippen molar-refractivity contribution >= 4 is 16.7 Å². The maximum atomic E-state index is 12.5. The molecule has 0 saturated carbocycles. The number of aromatic nitrogens is 1. The number of ketones is 1. The maximum Gasteiger partial charge on any atom is 0.195 e. The van der Waals surface area contributed by atoms with Crippen LogP contribution in [0.3, 0.4) is 0 Å². The molecule has 0 aliphatic carbocycles. The van der Waals surface area contributed by atoms with Crippen LogP contribution in [0, 0.1) is 0 Å². The summed E-state index contributed by atoms with van der Waals surface area (Å²) >= 11 is 0. The van der Waals surface area contributed by atoms with Gasteiger partial charge in [0.25, 0.3) is 0 Å². The minimum absolute atomic E-state index is 0.0695. The van der Waals surface area contributed by atoms with Gasteiger partial charge in [0, 0.05) is 28.2 Å².